The first-order valence-electron chi connectivity index (χ1n) is 6.67. The quantitative estimate of drug-likeness (QED) is 0.655. The summed E-state index contributed by atoms with van der Waals surface area (Å²) in [5, 5.41) is 3.50. The molecule has 0 fully saturated rings. The first-order valence-corrected chi connectivity index (χ1v) is 6.67. The van der Waals surface area contributed by atoms with E-state index < -0.39 is 0 Å². The Morgan fingerprint density at radius 3 is 2.24 bits per heavy atom. The second-order valence-corrected chi connectivity index (χ2v) is 6.59. The molecular formula is C15H31NO. The standard InChI is InChI=1S/C15H31NO/c1-8-15(7,12-16-11-13(2)3)9-10-17-14(4,5)6/h8,13,16H,1,9-12H2,2-7H3. The second-order valence-electron chi connectivity index (χ2n) is 6.59. The number of rotatable bonds is 8. The maximum Gasteiger partial charge on any atom is 0.0598 e. The highest BCUT2D eigenvalue weighted by molar-refractivity contribution is 4.93. The third-order valence-corrected chi connectivity index (χ3v) is 2.78. The molecule has 0 heterocycles. The van der Waals surface area contributed by atoms with Gasteiger partial charge in [0.05, 0.1) is 5.60 Å². The van der Waals surface area contributed by atoms with Crippen LogP contribution in [0.5, 0.6) is 0 Å². The molecule has 17 heavy (non-hydrogen) atoms. The van der Waals surface area contributed by atoms with Crippen molar-refractivity contribution in [2.24, 2.45) is 11.3 Å². The van der Waals surface area contributed by atoms with E-state index in [4.69, 9.17) is 4.74 Å². The van der Waals surface area contributed by atoms with Crippen molar-refractivity contribution in [2.75, 3.05) is 19.7 Å². The van der Waals surface area contributed by atoms with Gasteiger partial charge in [-0.1, -0.05) is 26.8 Å². The number of ether oxygens (including phenoxy) is 1. The molecule has 0 bridgehead atoms. The van der Waals surface area contributed by atoms with Gasteiger partial charge in [-0.15, -0.1) is 6.58 Å². The lowest BCUT2D eigenvalue weighted by Gasteiger charge is -2.29. The molecule has 0 saturated heterocycles. The van der Waals surface area contributed by atoms with Gasteiger partial charge in [-0.3, -0.25) is 0 Å². The van der Waals surface area contributed by atoms with E-state index in [0.717, 1.165) is 26.1 Å². The van der Waals surface area contributed by atoms with Crippen LogP contribution in [-0.4, -0.2) is 25.3 Å². The Bertz CT molecular complexity index is 217. The predicted molar refractivity (Wildman–Crippen MR) is 76.3 cm³/mol. The molecule has 1 unspecified atom stereocenters. The molecule has 0 aliphatic carbocycles. The summed E-state index contributed by atoms with van der Waals surface area (Å²) >= 11 is 0. The lowest BCUT2D eigenvalue weighted by molar-refractivity contribution is -0.0130. The minimum absolute atomic E-state index is 0.0482. The van der Waals surface area contributed by atoms with Crippen LogP contribution in [0.15, 0.2) is 12.7 Å². The van der Waals surface area contributed by atoms with Crippen LogP contribution < -0.4 is 5.32 Å². The summed E-state index contributed by atoms with van der Waals surface area (Å²) in [5.41, 5.74) is 0.0770. The molecule has 0 aromatic carbocycles. The second kappa shape index (κ2) is 7.17. The van der Waals surface area contributed by atoms with E-state index in [0.29, 0.717) is 5.92 Å². The minimum atomic E-state index is -0.0482. The zero-order chi connectivity index (χ0) is 13.5. The maximum absolute atomic E-state index is 5.78. The summed E-state index contributed by atoms with van der Waals surface area (Å²) in [6.45, 7) is 19.7. The van der Waals surface area contributed by atoms with Gasteiger partial charge in [0, 0.05) is 13.2 Å². The maximum atomic E-state index is 5.78. The van der Waals surface area contributed by atoms with Gasteiger partial charge in [0.2, 0.25) is 0 Å². The van der Waals surface area contributed by atoms with Gasteiger partial charge in [-0.2, -0.15) is 0 Å². The molecule has 0 saturated carbocycles. The van der Waals surface area contributed by atoms with Crippen molar-refractivity contribution in [3.63, 3.8) is 0 Å². The SMILES string of the molecule is C=CC(C)(CCOC(C)(C)C)CNCC(C)C. The third-order valence-electron chi connectivity index (χ3n) is 2.78. The van der Waals surface area contributed by atoms with E-state index in [1.807, 2.05) is 6.08 Å². The fraction of sp³-hybridized carbons (Fsp3) is 0.867. The Labute approximate surface area is 108 Å². The first kappa shape index (κ1) is 16.7. The highest BCUT2D eigenvalue weighted by Crippen LogP contribution is 2.23. The molecule has 0 amide bonds. The Morgan fingerprint density at radius 1 is 1.24 bits per heavy atom. The zero-order valence-corrected chi connectivity index (χ0v) is 12.6. The molecule has 0 aromatic heterocycles. The van der Waals surface area contributed by atoms with E-state index in [-0.39, 0.29) is 11.0 Å². The van der Waals surface area contributed by atoms with E-state index in [9.17, 15) is 0 Å². The van der Waals surface area contributed by atoms with Crippen molar-refractivity contribution >= 4 is 0 Å². The number of hydrogen-bond acceptors (Lipinski definition) is 2. The van der Waals surface area contributed by atoms with Crippen LogP contribution in [0.25, 0.3) is 0 Å². The van der Waals surface area contributed by atoms with Crippen LogP contribution in [0.3, 0.4) is 0 Å². The van der Waals surface area contributed by atoms with Crippen molar-refractivity contribution < 1.29 is 4.74 Å². The van der Waals surface area contributed by atoms with Crippen molar-refractivity contribution in [2.45, 2.75) is 53.6 Å². The summed E-state index contributed by atoms with van der Waals surface area (Å²) in [5.74, 6) is 0.690. The topological polar surface area (TPSA) is 21.3 Å². The summed E-state index contributed by atoms with van der Waals surface area (Å²) in [4.78, 5) is 0. The Morgan fingerprint density at radius 2 is 1.82 bits per heavy atom. The molecule has 0 aliphatic heterocycles. The molecule has 1 N–H and O–H groups in total. The molecule has 1 atom stereocenters. The van der Waals surface area contributed by atoms with E-state index in [1.54, 1.807) is 0 Å². The van der Waals surface area contributed by atoms with E-state index in [2.05, 4.69) is 53.4 Å². The van der Waals surface area contributed by atoms with Crippen molar-refractivity contribution in [3.05, 3.63) is 12.7 Å². The summed E-state index contributed by atoms with van der Waals surface area (Å²) in [7, 11) is 0. The third kappa shape index (κ3) is 9.37. The molecule has 2 nitrogen and oxygen atoms in total. The van der Waals surface area contributed by atoms with Crippen molar-refractivity contribution in [1.29, 1.82) is 0 Å². The molecule has 0 spiro atoms. The average Bonchev–Trinajstić information content (AvgIpc) is 2.15. The van der Waals surface area contributed by atoms with E-state index in [1.165, 1.54) is 0 Å². The van der Waals surface area contributed by atoms with Crippen LogP contribution in [0.2, 0.25) is 0 Å². The van der Waals surface area contributed by atoms with Gasteiger partial charge in [0.25, 0.3) is 0 Å². The highest BCUT2D eigenvalue weighted by atomic mass is 16.5. The minimum Gasteiger partial charge on any atom is -0.376 e. The first-order chi connectivity index (χ1) is 7.68. The largest absolute Gasteiger partial charge is 0.376 e. The van der Waals surface area contributed by atoms with Crippen LogP contribution in [-0.2, 0) is 4.74 Å². The molecular weight excluding hydrogens is 210 g/mol. The molecule has 0 rings (SSSR count). The predicted octanol–water partition coefficient (Wildman–Crippen LogP) is 3.63. The van der Waals surface area contributed by atoms with Crippen LogP contribution in [0.1, 0.15) is 48.0 Å². The Kier molecular flexibility index (Phi) is 7.03. The van der Waals surface area contributed by atoms with Crippen LogP contribution in [0.4, 0.5) is 0 Å². The van der Waals surface area contributed by atoms with Crippen LogP contribution >= 0.6 is 0 Å². The number of nitrogens with one attached hydrogen (secondary N) is 1. The van der Waals surface area contributed by atoms with E-state index >= 15 is 0 Å². The van der Waals surface area contributed by atoms with Gasteiger partial charge in [-0.05, 0) is 45.1 Å². The van der Waals surface area contributed by atoms with Gasteiger partial charge in [-0.25, -0.2) is 0 Å². The van der Waals surface area contributed by atoms with Crippen molar-refractivity contribution in [3.8, 4) is 0 Å². The van der Waals surface area contributed by atoms with Crippen LogP contribution in [0, 0.1) is 11.3 Å². The van der Waals surface area contributed by atoms with Crippen molar-refractivity contribution in [1.82, 2.24) is 5.32 Å². The fourth-order valence-corrected chi connectivity index (χ4v) is 1.50. The smallest absolute Gasteiger partial charge is 0.0598 e. The lowest BCUT2D eigenvalue weighted by atomic mass is 9.87. The highest BCUT2D eigenvalue weighted by Gasteiger charge is 2.21. The van der Waals surface area contributed by atoms with Gasteiger partial charge < -0.3 is 10.1 Å². The summed E-state index contributed by atoms with van der Waals surface area (Å²) in [6, 6.07) is 0. The van der Waals surface area contributed by atoms with Gasteiger partial charge in [0.1, 0.15) is 0 Å². The average molecular weight is 241 g/mol. The molecule has 0 aliphatic rings. The molecule has 0 aromatic rings. The zero-order valence-electron chi connectivity index (χ0n) is 12.6. The van der Waals surface area contributed by atoms with Gasteiger partial charge in [0.15, 0.2) is 0 Å². The lowest BCUT2D eigenvalue weighted by Crippen LogP contribution is -2.34. The Balaban J connectivity index is 3.97. The fourth-order valence-electron chi connectivity index (χ4n) is 1.50. The molecule has 2 heteroatoms. The summed E-state index contributed by atoms with van der Waals surface area (Å²) < 4.78 is 5.78. The molecule has 0 radical (unpaired) electrons. The number of hydrogen-bond donors (Lipinski definition) is 1. The van der Waals surface area contributed by atoms with Gasteiger partial charge >= 0.3 is 0 Å². The monoisotopic (exact) mass is 241 g/mol. The normalized spacial score (nSPS) is 15.9. The molecule has 102 valence electrons. The summed E-state index contributed by atoms with van der Waals surface area (Å²) in [6.07, 6.45) is 3.06. The Hall–Kier alpha value is -0.340.